The predicted molar refractivity (Wildman–Crippen MR) is 88.9 cm³/mol. The summed E-state index contributed by atoms with van der Waals surface area (Å²) < 4.78 is 65.4. The van der Waals surface area contributed by atoms with Gasteiger partial charge in [0.15, 0.2) is 0 Å². The van der Waals surface area contributed by atoms with Crippen molar-refractivity contribution in [3.05, 3.63) is 28.8 Å². The molecule has 0 amide bonds. The molecule has 0 bridgehead atoms. The zero-order valence-corrected chi connectivity index (χ0v) is 15.3. The monoisotopic (exact) mass is 406 g/mol. The first kappa shape index (κ1) is 21.5. The van der Waals surface area contributed by atoms with Gasteiger partial charge < -0.3 is 5.73 Å². The van der Waals surface area contributed by atoms with Gasteiger partial charge >= 0.3 is 6.18 Å². The fraction of sp³-hybridized carbons (Fsp3) is 0.571. The van der Waals surface area contributed by atoms with E-state index in [0.29, 0.717) is 25.0 Å². The van der Waals surface area contributed by atoms with Crippen LogP contribution in [0.5, 0.6) is 0 Å². The second-order valence-electron chi connectivity index (χ2n) is 5.71. The first-order chi connectivity index (χ1) is 10.5. The second-order valence-corrected chi connectivity index (χ2v) is 8.04. The Morgan fingerprint density at radius 3 is 2.46 bits per heavy atom. The largest absolute Gasteiger partial charge is 0.416 e. The Balaban J connectivity index is 0.00000288. The molecule has 1 aliphatic heterocycles. The van der Waals surface area contributed by atoms with E-state index in [1.807, 2.05) is 0 Å². The molecule has 2 N–H and O–H groups in total. The minimum Gasteiger partial charge on any atom is -0.326 e. The highest BCUT2D eigenvalue weighted by molar-refractivity contribution is 7.89. The molecule has 1 fully saturated rings. The van der Waals surface area contributed by atoms with Gasteiger partial charge in [-0.05, 0) is 38.0 Å². The summed E-state index contributed by atoms with van der Waals surface area (Å²) in [7, 11) is -4.09. The molecule has 0 saturated carbocycles. The summed E-state index contributed by atoms with van der Waals surface area (Å²) >= 11 is 5.69. The number of hydrogen-bond donors (Lipinski definition) is 1. The number of piperidine rings is 1. The molecule has 138 valence electrons. The molecule has 0 spiro atoms. The van der Waals surface area contributed by atoms with E-state index in [1.54, 1.807) is 6.92 Å². The Labute approximate surface area is 150 Å². The van der Waals surface area contributed by atoms with Crippen LogP contribution in [0.4, 0.5) is 13.2 Å². The topological polar surface area (TPSA) is 63.4 Å². The molecule has 1 heterocycles. The van der Waals surface area contributed by atoms with Gasteiger partial charge in [-0.3, -0.25) is 0 Å². The van der Waals surface area contributed by atoms with Crippen molar-refractivity contribution < 1.29 is 21.6 Å². The van der Waals surface area contributed by atoms with Gasteiger partial charge in [-0.15, -0.1) is 12.4 Å². The zero-order valence-electron chi connectivity index (χ0n) is 12.9. The van der Waals surface area contributed by atoms with E-state index in [2.05, 4.69) is 0 Å². The van der Waals surface area contributed by atoms with Crippen molar-refractivity contribution in [1.29, 1.82) is 0 Å². The van der Waals surface area contributed by atoms with E-state index in [9.17, 15) is 21.6 Å². The van der Waals surface area contributed by atoms with Crippen molar-refractivity contribution in [3.63, 3.8) is 0 Å². The minimum atomic E-state index is -4.67. The van der Waals surface area contributed by atoms with Crippen LogP contribution < -0.4 is 5.73 Å². The maximum absolute atomic E-state index is 12.9. The number of halogens is 5. The van der Waals surface area contributed by atoms with Crippen LogP contribution >= 0.6 is 24.0 Å². The maximum Gasteiger partial charge on any atom is 0.416 e. The third kappa shape index (κ3) is 4.54. The summed E-state index contributed by atoms with van der Waals surface area (Å²) in [4.78, 5) is -0.454. The van der Waals surface area contributed by atoms with Crippen LogP contribution in [0.1, 0.15) is 31.7 Å². The lowest BCUT2D eigenvalue weighted by Gasteiger charge is -2.37. The number of sulfonamides is 1. The van der Waals surface area contributed by atoms with E-state index < -0.39 is 38.7 Å². The highest BCUT2D eigenvalue weighted by atomic mass is 35.5. The molecule has 2 atom stereocenters. The normalized spacial score (nSPS) is 21.2. The second kappa shape index (κ2) is 7.78. The molecule has 10 heteroatoms. The molecule has 0 radical (unpaired) electrons. The van der Waals surface area contributed by atoms with Crippen molar-refractivity contribution >= 4 is 34.0 Å². The van der Waals surface area contributed by atoms with Crippen molar-refractivity contribution in [3.8, 4) is 0 Å². The molecule has 0 aromatic heterocycles. The van der Waals surface area contributed by atoms with Gasteiger partial charge in [0, 0.05) is 23.7 Å². The van der Waals surface area contributed by atoms with E-state index in [4.69, 9.17) is 17.3 Å². The molecule has 1 aromatic carbocycles. The van der Waals surface area contributed by atoms with Crippen molar-refractivity contribution in [2.24, 2.45) is 5.73 Å². The number of benzene rings is 1. The lowest BCUT2D eigenvalue weighted by Crippen LogP contribution is -2.51. The van der Waals surface area contributed by atoms with E-state index >= 15 is 0 Å². The van der Waals surface area contributed by atoms with Crippen molar-refractivity contribution in [2.75, 3.05) is 6.54 Å². The molecular formula is C14H19Cl2F3N2O2S. The summed E-state index contributed by atoms with van der Waals surface area (Å²) in [6, 6.07) is 1.53. The number of rotatable bonds is 3. The van der Waals surface area contributed by atoms with Crippen molar-refractivity contribution in [1.82, 2.24) is 4.31 Å². The van der Waals surface area contributed by atoms with E-state index in [0.717, 1.165) is 12.5 Å². The predicted octanol–water partition coefficient (Wildman–Crippen LogP) is 3.67. The highest BCUT2D eigenvalue weighted by Crippen LogP contribution is 2.35. The molecule has 2 rings (SSSR count). The van der Waals surface area contributed by atoms with Crippen LogP contribution in [0.2, 0.25) is 5.02 Å². The average molecular weight is 407 g/mol. The van der Waals surface area contributed by atoms with E-state index in [-0.39, 0.29) is 24.0 Å². The molecule has 2 unspecified atom stereocenters. The lowest BCUT2D eigenvalue weighted by molar-refractivity contribution is -0.137. The van der Waals surface area contributed by atoms with E-state index in [1.165, 1.54) is 4.31 Å². The van der Waals surface area contributed by atoms with Gasteiger partial charge in [0.2, 0.25) is 10.0 Å². The van der Waals surface area contributed by atoms with Gasteiger partial charge in [0.05, 0.1) is 10.5 Å². The Hall–Kier alpha value is -0.540. The zero-order chi connectivity index (χ0) is 17.4. The molecule has 0 aliphatic carbocycles. The standard InChI is InChI=1S/C14H18ClF3N2O2S.ClH/c1-9(19)13-4-2-3-5-20(13)23(21,22)12-7-10(14(16,17)18)6-11(15)8-12;/h6-9,13H,2-5,19H2,1H3;1H. The Morgan fingerprint density at radius 1 is 1.29 bits per heavy atom. The number of hydrogen-bond acceptors (Lipinski definition) is 3. The summed E-state index contributed by atoms with van der Waals surface area (Å²) in [5.74, 6) is 0. The van der Waals surface area contributed by atoms with Crippen LogP contribution in [0.15, 0.2) is 23.1 Å². The van der Waals surface area contributed by atoms with Gasteiger partial charge in [-0.2, -0.15) is 17.5 Å². The minimum absolute atomic E-state index is 0. The quantitative estimate of drug-likeness (QED) is 0.832. The van der Waals surface area contributed by atoms with Crippen LogP contribution in [-0.2, 0) is 16.2 Å². The third-order valence-corrected chi connectivity index (χ3v) is 6.03. The average Bonchev–Trinajstić information content (AvgIpc) is 2.45. The van der Waals surface area contributed by atoms with Gasteiger partial charge in [0.25, 0.3) is 0 Å². The Morgan fingerprint density at radius 2 is 1.92 bits per heavy atom. The first-order valence-corrected chi connectivity index (χ1v) is 9.00. The smallest absolute Gasteiger partial charge is 0.326 e. The summed E-state index contributed by atoms with van der Waals surface area (Å²) in [6.07, 6.45) is -2.60. The lowest BCUT2D eigenvalue weighted by atomic mass is 10.00. The molecule has 1 saturated heterocycles. The van der Waals surface area contributed by atoms with Crippen LogP contribution in [-0.4, -0.2) is 31.4 Å². The summed E-state index contributed by atoms with van der Waals surface area (Å²) in [5, 5.41) is -0.271. The molecule has 1 aliphatic rings. The van der Waals surface area contributed by atoms with Crippen LogP contribution in [0, 0.1) is 0 Å². The first-order valence-electron chi connectivity index (χ1n) is 7.18. The van der Waals surface area contributed by atoms with Gasteiger partial charge in [0.1, 0.15) is 0 Å². The molecule has 1 aromatic rings. The van der Waals surface area contributed by atoms with Crippen LogP contribution in [0.3, 0.4) is 0 Å². The van der Waals surface area contributed by atoms with Crippen LogP contribution in [0.25, 0.3) is 0 Å². The molecular weight excluding hydrogens is 388 g/mol. The Bertz CT molecular complexity index is 681. The maximum atomic E-state index is 12.9. The highest BCUT2D eigenvalue weighted by Gasteiger charge is 2.37. The van der Waals surface area contributed by atoms with Crippen molar-refractivity contribution in [2.45, 2.75) is 49.3 Å². The third-order valence-electron chi connectivity index (χ3n) is 3.91. The fourth-order valence-electron chi connectivity index (χ4n) is 2.77. The number of nitrogens with zero attached hydrogens (tertiary/aromatic N) is 1. The summed E-state index contributed by atoms with van der Waals surface area (Å²) in [6.45, 7) is 1.93. The SMILES string of the molecule is CC(N)C1CCCCN1S(=O)(=O)c1cc(Cl)cc(C(F)(F)F)c1.Cl. The Kier molecular flexibility index (Phi) is 6.97. The summed E-state index contributed by atoms with van der Waals surface area (Å²) in [5.41, 5.74) is 4.76. The molecule has 24 heavy (non-hydrogen) atoms. The van der Waals surface area contributed by atoms with Gasteiger partial charge in [-0.25, -0.2) is 8.42 Å². The number of alkyl halides is 3. The fourth-order valence-corrected chi connectivity index (χ4v) is 4.91. The number of nitrogens with two attached hydrogens (primary N) is 1. The van der Waals surface area contributed by atoms with Gasteiger partial charge in [-0.1, -0.05) is 18.0 Å². The molecule has 4 nitrogen and oxygen atoms in total.